The molecule has 2 saturated heterocycles. The Balaban J connectivity index is 1.80. The van der Waals surface area contributed by atoms with Gasteiger partial charge in [0.05, 0.1) is 12.0 Å². The van der Waals surface area contributed by atoms with E-state index in [0.29, 0.717) is 6.54 Å². The fraction of sp³-hybridized carbons (Fsp3) is 0.867. The number of hydrogen-bond acceptors (Lipinski definition) is 4. The van der Waals surface area contributed by atoms with Crippen LogP contribution in [0.5, 0.6) is 0 Å². The molecular formula is C15H27N3O3. The van der Waals surface area contributed by atoms with Gasteiger partial charge in [-0.05, 0) is 40.2 Å². The van der Waals surface area contributed by atoms with E-state index in [-0.39, 0.29) is 36.0 Å². The quantitative estimate of drug-likeness (QED) is 0.777. The molecular weight excluding hydrogens is 270 g/mol. The Kier molecular flexibility index (Phi) is 5.22. The van der Waals surface area contributed by atoms with Gasteiger partial charge in [0, 0.05) is 25.2 Å². The van der Waals surface area contributed by atoms with Crippen LogP contribution in [0.25, 0.3) is 0 Å². The monoisotopic (exact) mass is 297 g/mol. The van der Waals surface area contributed by atoms with Gasteiger partial charge in [-0.25, -0.2) is 0 Å². The van der Waals surface area contributed by atoms with Gasteiger partial charge >= 0.3 is 0 Å². The molecule has 0 aliphatic carbocycles. The summed E-state index contributed by atoms with van der Waals surface area (Å²) < 4.78 is 5.52. The first kappa shape index (κ1) is 16.2. The highest BCUT2D eigenvalue weighted by Gasteiger charge is 2.30. The van der Waals surface area contributed by atoms with E-state index >= 15 is 0 Å². The summed E-state index contributed by atoms with van der Waals surface area (Å²) in [5.41, 5.74) is -0.184. The largest absolute Gasteiger partial charge is 0.365 e. The molecule has 2 fully saturated rings. The van der Waals surface area contributed by atoms with E-state index in [1.807, 2.05) is 20.8 Å². The van der Waals surface area contributed by atoms with E-state index in [9.17, 15) is 9.59 Å². The maximum atomic E-state index is 12.3. The summed E-state index contributed by atoms with van der Waals surface area (Å²) >= 11 is 0. The lowest BCUT2D eigenvalue weighted by molar-refractivity contribution is -0.134. The molecule has 2 aliphatic rings. The fourth-order valence-electron chi connectivity index (χ4n) is 2.84. The number of carbonyl (C=O) groups excluding carboxylic acids is 2. The maximum absolute atomic E-state index is 12.3. The zero-order valence-electron chi connectivity index (χ0n) is 13.3. The second-order valence-electron chi connectivity index (χ2n) is 7.08. The van der Waals surface area contributed by atoms with Crippen molar-refractivity contribution < 1.29 is 14.3 Å². The molecule has 0 aromatic rings. The van der Waals surface area contributed by atoms with E-state index in [0.717, 1.165) is 32.5 Å². The lowest BCUT2D eigenvalue weighted by atomic mass is 9.95. The van der Waals surface area contributed by atoms with Gasteiger partial charge in [-0.3, -0.25) is 14.5 Å². The third-order valence-corrected chi connectivity index (χ3v) is 3.81. The Morgan fingerprint density at radius 1 is 1.48 bits per heavy atom. The number of nitrogens with zero attached hydrogens (tertiary/aromatic N) is 1. The van der Waals surface area contributed by atoms with Gasteiger partial charge in [0.25, 0.3) is 0 Å². The molecule has 120 valence electrons. The topological polar surface area (TPSA) is 70.7 Å². The SMILES string of the molecule is CC(C)(C)NC(=O)C1CCCN(CC2CNC(=O)CO2)C1. The van der Waals surface area contributed by atoms with Crippen molar-refractivity contribution in [3.8, 4) is 0 Å². The number of amides is 2. The number of piperidine rings is 1. The summed E-state index contributed by atoms with van der Waals surface area (Å²) in [4.78, 5) is 25.6. The Hall–Kier alpha value is -1.14. The summed E-state index contributed by atoms with van der Waals surface area (Å²) in [5.74, 6) is 0.147. The molecule has 2 heterocycles. The molecule has 0 aromatic heterocycles. The average Bonchev–Trinajstić information content (AvgIpc) is 2.40. The summed E-state index contributed by atoms with van der Waals surface area (Å²) in [7, 11) is 0. The molecule has 2 unspecified atom stereocenters. The highest BCUT2D eigenvalue weighted by Crippen LogP contribution is 2.18. The molecule has 0 spiro atoms. The second kappa shape index (κ2) is 6.75. The van der Waals surface area contributed by atoms with Crippen LogP contribution in [0.3, 0.4) is 0 Å². The molecule has 2 rings (SSSR count). The number of nitrogens with one attached hydrogen (secondary N) is 2. The predicted molar refractivity (Wildman–Crippen MR) is 79.8 cm³/mol. The third-order valence-electron chi connectivity index (χ3n) is 3.81. The summed E-state index contributed by atoms with van der Waals surface area (Å²) in [6.45, 7) is 9.27. The summed E-state index contributed by atoms with van der Waals surface area (Å²) in [6, 6.07) is 0. The predicted octanol–water partition coefficient (Wildman–Crippen LogP) is 0.128. The van der Waals surface area contributed by atoms with E-state index in [4.69, 9.17) is 4.74 Å². The Labute approximate surface area is 126 Å². The molecule has 2 aliphatic heterocycles. The highest BCUT2D eigenvalue weighted by atomic mass is 16.5. The van der Waals surface area contributed by atoms with Crippen molar-refractivity contribution in [2.24, 2.45) is 5.92 Å². The van der Waals surface area contributed by atoms with Crippen molar-refractivity contribution in [3.63, 3.8) is 0 Å². The van der Waals surface area contributed by atoms with Gasteiger partial charge in [0.2, 0.25) is 11.8 Å². The van der Waals surface area contributed by atoms with Crippen molar-refractivity contribution in [1.82, 2.24) is 15.5 Å². The van der Waals surface area contributed by atoms with Crippen molar-refractivity contribution >= 4 is 11.8 Å². The molecule has 0 saturated carbocycles. The average molecular weight is 297 g/mol. The van der Waals surface area contributed by atoms with Crippen LogP contribution in [0.1, 0.15) is 33.6 Å². The molecule has 2 N–H and O–H groups in total. The smallest absolute Gasteiger partial charge is 0.246 e. The van der Waals surface area contributed by atoms with E-state index in [1.54, 1.807) is 0 Å². The zero-order chi connectivity index (χ0) is 15.5. The van der Waals surface area contributed by atoms with Crippen LogP contribution in [0.4, 0.5) is 0 Å². The first-order valence-electron chi connectivity index (χ1n) is 7.76. The minimum Gasteiger partial charge on any atom is -0.365 e. The van der Waals surface area contributed by atoms with E-state index in [2.05, 4.69) is 15.5 Å². The molecule has 0 aromatic carbocycles. The standard InChI is InChI=1S/C15H27N3O3/c1-15(2,3)17-14(20)11-5-4-6-18(8-11)9-12-7-16-13(19)10-21-12/h11-12H,4-10H2,1-3H3,(H,16,19)(H,17,20). The van der Waals surface area contributed by atoms with Crippen LogP contribution in [0.15, 0.2) is 0 Å². The van der Waals surface area contributed by atoms with Crippen molar-refractivity contribution in [2.75, 3.05) is 32.8 Å². The number of rotatable bonds is 3. The van der Waals surface area contributed by atoms with Crippen LogP contribution >= 0.6 is 0 Å². The van der Waals surface area contributed by atoms with Gasteiger partial charge < -0.3 is 15.4 Å². The lowest BCUT2D eigenvalue weighted by Crippen LogP contribution is -2.52. The van der Waals surface area contributed by atoms with Crippen molar-refractivity contribution in [1.29, 1.82) is 0 Å². The Morgan fingerprint density at radius 2 is 2.24 bits per heavy atom. The first-order chi connectivity index (χ1) is 9.83. The van der Waals surface area contributed by atoms with Gasteiger partial charge in [0.1, 0.15) is 6.61 Å². The second-order valence-corrected chi connectivity index (χ2v) is 7.08. The number of morpholine rings is 1. The van der Waals surface area contributed by atoms with Crippen LogP contribution in [-0.4, -0.2) is 61.1 Å². The first-order valence-corrected chi connectivity index (χ1v) is 7.76. The van der Waals surface area contributed by atoms with E-state index < -0.39 is 0 Å². The number of likely N-dealkylation sites (tertiary alicyclic amines) is 1. The molecule has 6 nitrogen and oxygen atoms in total. The Morgan fingerprint density at radius 3 is 2.86 bits per heavy atom. The minimum absolute atomic E-state index is 0.0344. The zero-order valence-corrected chi connectivity index (χ0v) is 13.3. The molecule has 21 heavy (non-hydrogen) atoms. The number of hydrogen-bond donors (Lipinski definition) is 2. The molecule has 6 heteroatoms. The van der Waals surface area contributed by atoms with Gasteiger partial charge in [0.15, 0.2) is 0 Å². The lowest BCUT2D eigenvalue weighted by Gasteiger charge is -2.36. The third kappa shape index (κ3) is 5.28. The molecule has 2 amide bonds. The molecule has 2 atom stereocenters. The molecule has 0 radical (unpaired) electrons. The van der Waals surface area contributed by atoms with Crippen molar-refractivity contribution in [2.45, 2.75) is 45.3 Å². The van der Waals surface area contributed by atoms with E-state index in [1.165, 1.54) is 0 Å². The highest BCUT2D eigenvalue weighted by molar-refractivity contribution is 5.79. The summed E-state index contributed by atoms with van der Waals surface area (Å²) in [5, 5.41) is 5.88. The minimum atomic E-state index is -0.184. The van der Waals surface area contributed by atoms with Gasteiger partial charge in [-0.15, -0.1) is 0 Å². The fourth-order valence-corrected chi connectivity index (χ4v) is 2.84. The number of ether oxygens (including phenoxy) is 1. The van der Waals surface area contributed by atoms with Crippen LogP contribution in [-0.2, 0) is 14.3 Å². The number of carbonyl (C=O) groups is 2. The summed E-state index contributed by atoms with van der Waals surface area (Å²) in [6.07, 6.45) is 2.01. The van der Waals surface area contributed by atoms with Gasteiger partial charge in [-0.1, -0.05) is 0 Å². The van der Waals surface area contributed by atoms with Crippen molar-refractivity contribution in [3.05, 3.63) is 0 Å². The molecule has 0 bridgehead atoms. The normalized spacial score (nSPS) is 28.0. The van der Waals surface area contributed by atoms with Gasteiger partial charge in [-0.2, -0.15) is 0 Å². The van der Waals surface area contributed by atoms with Crippen LogP contribution in [0.2, 0.25) is 0 Å². The Bertz CT molecular complexity index is 382. The van der Waals surface area contributed by atoms with Crippen LogP contribution < -0.4 is 10.6 Å². The van der Waals surface area contributed by atoms with Crippen LogP contribution in [0, 0.1) is 5.92 Å². The maximum Gasteiger partial charge on any atom is 0.246 e.